The summed E-state index contributed by atoms with van der Waals surface area (Å²) in [5.41, 5.74) is 0.610. The minimum atomic E-state index is -0.752. The predicted molar refractivity (Wildman–Crippen MR) is 227 cm³/mol. The van der Waals surface area contributed by atoms with Crippen molar-refractivity contribution in [2.24, 2.45) is 0 Å². The fourth-order valence-corrected chi connectivity index (χ4v) is 7.02. The van der Waals surface area contributed by atoms with Crippen molar-refractivity contribution >= 4 is 60.2 Å². The van der Waals surface area contributed by atoms with Gasteiger partial charge in [-0.1, -0.05) is 170 Å². The summed E-state index contributed by atoms with van der Waals surface area (Å²) in [5.74, 6) is 0. The second-order valence-electron chi connectivity index (χ2n) is 12.7. The molecule has 10 aromatic rings. The fourth-order valence-electron chi connectivity index (χ4n) is 7.02. The number of hydrogen-bond donors (Lipinski definition) is 0. The first-order valence-electron chi connectivity index (χ1n) is 24.1. The van der Waals surface area contributed by atoms with Gasteiger partial charge in [0.25, 0.3) is 0 Å². The minimum absolute atomic E-state index is 0.168. The third-order valence-corrected chi connectivity index (χ3v) is 9.56. The van der Waals surface area contributed by atoms with E-state index in [-0.39, 0.29) is 16.5 Å². The third kappa shape index (κ3) is 5.60. The van der Waals surface area contributed by atoms with E-state index in [1.807, 2.05) is 121 Å². The number of anilines is 3. The van der Waals surface area contributed by atoms with Crippen LogP contribution >= 0.6 is 0 Å². The molecule has 53 heavy (non-hydrogen) atoms. The van der Waals surface area contributed by atoms with Crippen molar-refractivity contribution in [2.45, 2.75) is 0 Å². The molecule has 0 saturated carbocycles. The van der Waals surface area contributed by atoms with Crippen LogP contribution in [0.1, 0.15) is 19.2 Å². The summed E-state index contributed by atoms with van der Waals surface area (Å²) in [7, 11) is 0. The van der Waals surface area contributed by atoms with Gasteiger partial charge in [0.1, 0.15) is 0 Å². The number of rotatable bonds is 6. The van der Waals surface area contributed by atoms with E-state index < -0.39 is 107 Å². The monoisotopic (exact) mass is 687 g/mol. The summed E-state index contributed by atoms with van der Waals surface area (Å²) in [6.45, 7) is 0. The van der Waals surface area contributed by atoms with Gasteiger partial charge in [-0.3, -0.25) is 0 Å². The topological polar surface area (TPSA) is 3.24 Å². The van der Waals surface area contributed by atoms with Gasteiger partial charge in [-0.25, -0.2) is 0 Å². The standard InChI is InChI=1S/C52H35N/c1-2-12-37(13-3-1)50-32-31-46(35-52(50)43-24-21-36-11-4-5-16-42(36)33-43)53(45-30-27-41-23-22-39-15-7-9-19-49(39)51(41)34-45)44-28-25-40(26-29-44)48-20-10-17-38-14-6-8-18-47(38)48/h1-35H/i1D,2D,3D,4D,5D,11D,12D,13D,21D,24D,31D,32D,33D,35D. The first-order valence-corrected chi connectivity index (χ1v) is 17.1. The highest BCUT2D eigenvalue weighted by molar-refractivity contribution is 6.09. The maximum atomic E-state index is 10.3. The van der Waals surface area contributed by atoms with E-state index in [2.05, 4.69) is 0 Å². The van der Waals surface area contributed by atoms with Gasteiger partial charge in [0.2, 0.25) is 0 Å². The summed E-state index contributed by atoms with van der Waals surface area (Å²) in [4.78, 5) is 1.62. The Morgan fingerprint density at radius 1 is 0.321 bits per heavy atom. The molecule has 0 aromatic heterocycles. The van der Waals surface area contributed by atoms with Gasteiger partial charge in [0.15, 0.2) is 0 Å². The Bertz CT molecular complexity index is 3720. The van der Waals surface area contributed by atoms with Gasteiger partial charge >= 0.3 is 0 Å². The quantitative estimate of drug-likeness (QED) is 0.157. The highest BCUT2D eigenvalue weighted by atomic mass is 15.1. The zero-order valence-corrected chi connectivity index (χ0v) is 28.1. The van der Waals surface area contributed by atoms with Crippen molar-refractivity contribution in [3.8, 4) is 33.4 Å². The molecule has 0 atom stereocenters. The van der Waals surface area contributed by atoms with Gasteiger partial charge in [0, 0.05) is 17.1 Å². The van der Waals surface area contributed by atoms with Gasteiger partial charge in [-0.2, -0.15) is 0 Å². The molecule has 0 heterocycles. The first kappa shape index (κ1) is 19.6. The highest BCUT2D eigenvalue weighted by Crippen LogP contribution is 2.43. The molecule has 1 heteroatoms. The molecule has 0 N–H and O–H groups in total. The third-order valence-electron chi connectivity index (χ3n) is 9.56. The summed E-state index contributed by atoms with van der Waals surface area (Å²) >= 11 is 0. The SMILES string of the molecule is [2H]c1cc2c([2H])c(-c3c([2H])c(N(c4ccc(-c5cccc6ccccc56)cc4)c4ccc5ccc6ccccc6c5c4)c([2H])c([2H])c3-c3c([2H])c([2H])c([2H])c([2H])c3[2H])c([2H])c([2H])c2c([2H])c1[2H]. The van der Waals surface area contributed by atoms with Crippen molar-refractivity contribution < 1.29 is 19.2 Å². The van der Waals surface area contributed by atoms with Crippen LogP contribution in [0.2, 0.25) is 0 Å². The summed E-state index contributed by atoms with van der Waals surface area (Å²) in [6.07, 6.45) is 0. The smallest absolute Gasteiger partial charge is 0.0652 e. The molecule has 10 aromatic carbocycles. The largest absolute Gasteiger partial charge is 0.310 e. The normalized spacial score (nSPS) is 15.1. The number of benzene rings is 10. The van der Waals surface area contributed by atoms with Crippen molar-refractivity contribution in [1.82, 2.24) is 0 Å². The maximum absolute atomic E-state index is 10.3. The first-order chi connectivity index (χ1) is 32.1. The fraction of sp³-hybridized carbons (Fsp3) is 0. The molecule has 0 unspecified atom stereocenters. The molecule has 0 radical (unpaired) electrons. The molecular formula is C52H35N. The Balaban J connectivity index is 1.34. The van der Waals surface area contributed by atoms with E-state index in [1.54, 1.807) is 4.90 Å². The van der Waals surface area contributed by atoms with E-state index in [0.29, 0.717) is 11.4 Å². The minimum Gasteiger partial charge on any atom is -0.310 e. The van der Waals surface area contributed by atoms with Crippen LogP contribution in [-0.2, 0) is 0 Å². The van der Waals surface area contributed by atoms with E-state index in [1.165, 1.54) is 0 Å². The maximum Gasteiger partial charge on any atom is 0.0652 e. The van der Waals surface area contributed by atoms with Gasteiger partial charge in [0.05, 0.1) is 19.2 Å². The molecule has 0 spiro atoms. The van der Waals surface area contributed by atoms with Gasteiger partial charge in [-0.05, 0) is 119 Å². The number of hydrogen-bond acceptors (Lipinski definition) is 1. The second-order valence-corrected chi connectivity index (χ2v) is 12.7. The molecule has 0 amide bonds. The second kappa shape index (κ2) is 13.0. The van der Waals surface area contributed by atoms with E-state index in [0.717, 1.165) is 49.5 Å². The molecule has 1 nitrogen and oxygen atoms in total. The Hall–Kier alpha value is -6.96. The van der Waals surface area contributed by atoms with Crippen molar-refractivity contribution in [2.75, 3.05) is 4.90 Å². The molecular weight excluding hydrogens is 639 g/mol. The molecule has 0 saturated heterocycles. The van der Waals surface area contributed by atoms with Crippen molar-refractivity contribution in [1.29, 1.82) is 0 Å². The highest BCUT2D eigenvalue weighted by Gasteiger charge is 2.18. The summed E-state index contributed by atoms with van der Waals surface area (Å²) in [6, 6.07) is 31.2. The van der Waals surface area contributed by atoms with Crippen LogP contribution in [0.4, 0.5) is 17.1 Å². The lowest BCUT2D eigenvalue weighted by Gasteiger charge is -2.27. The van der Waals surface area contributed by atoms with Gasteiger partial charge < -0.3 is 4.90 Å². The Morgan fingerprint density at radius 2 is 1.02 bits per heavy atom. The zero-order chi connectivity index (χ0) is 47.3. The van der Waals surface area contributed by atoms with Crippen LogP contribution in [0, 0.1) is 0 Å². The molecule has 10 rings (SSSR count). The van der Waals surface area contributed by atoms with Crippen LogP contribution in [-0.4, -0.2) is 0 Å². The summed E-state index contributed by atoms with van der Waals surface area (Å²) < 4.78 is 127. The van der Waals surface area contributed by atoms with Crippen LogP contribution in [0.15, 0.2) is 212 Å². The predicted octanol–water partition coefficient (Wildman–Crippen LogP) is 14.8. The van der Waals surface area contributed by atoms with Crippen molar-refractivity contribution in [3.05, 3.63) is 212 Å². The van der Waals surface area contributed by atoms with Crippen LogP contribution in [0.3, 0.4) is 0 Å². The van der Waals surface area contributed by atoms with Gasteiger partial charge in [-0.15, -0.1) is 0 Å². The molecule has 248 valence electrons. The van der Waals surface area contributed by atoms with Crippen LogP contribution in [0.25, 0.3) is 76.5 Å². The molecule has 0 bridgehead atoms. The average molecular weight is 688 g/mol. The average Bonchev–Trinajstić information content (AvgIpc) is 3.34. The Morgan fingerprint density at radius 3 is 1.87 bits per heavy atom. The lowest BCUT2D eigenvalue weighted by molar-refractivity contribution is 1.29. The van der Waals surface area contributed by atoms with E-state index in [4.69, 9.17) is 12.3 Å². The Labute approximate surface area is 329 Å². The van der Waals surface area contributed by atoms with E-state index >= 15 is 0 Å². The lowest BCUT2D eigenvalue weighted by Crippen LogP contribution is -2.10. The number of nitrogens with zero attached hydrogens (tertiary/aromatic N) is 1. The molecule has 0 fully saturated rings. The Kier molecular flexibility index (Phi) is 4.80. The summed E-state index contributed by atoms with van der Waals surface area (Å²) in [5, 5.41) is 5.30. The zero-order valence-electron chi connectivity index (χ0n) is 42.1. The number of fused-ring (bicyclic) bond motifs is 5. The van der Waals surface area contributed by atoms with Crippen LogP contribution in [0.5, 0.6) is 0 Å². The van der Waals surface area contributed by atoms with E-state index in [9.17, 15) is 6.85 Å². The molecule has 0 aliphatic rings. The molecule has 0 aliphatic carbocycles. The van der Waals surface area contributed by atoms with Crippen LogP contribution < -0.4 is 4.90 Å². The van der Waals surface area contributed by atoms with Crippen molar-refractivity contribution in [3.63, 3.8) is 0 Å². The lowest BCUT2D eigenvalue weighted by atomic mass is 9.92. The molecule has 0 aliphatic heterocycles.